The molecule has 0 aliphatic carbocycles. The lowest BCUT2D eigenvalue weighted by molar-refractivity contribution is -0.123. The van der Waals surface area contributed by atoms with Crippen molar-refractivity contribution in [2.24, 2.45) is 0 Å². The van der Waals surface area contributed by atoms with Gasteiger partial charge in [-0.1, -0.05) is 23.7 Å². The summed E-state index contributed by atoms with van der Waals surface area (Å²) in [7, 11) is 1.52. The van der Waals surface area contributed by atoms with Crippen molar-refractivity contribution in [2.45, 2.75) is 33.8 Å². The standard InChI is InChI=1S/C24H26ClNO5S/c1-14(2)31-22-18(25)11-17(12-20(22)29-5)13-21-23(27)26(24(28)32-21)8-9-30-19-10-15(3)6-7-16(19)4/h6-7,10-14H,8-9H2,1-5H3/b21-13-. The maximum atomic E-state index is 12.8. The molecule has 2 aromatic rings. The fourth-order valence-corrected chi connectivity index (χ4v) is 4.26. The highest BCUT2D eigenvalue weighted by atomic mass is 35.5. The average molecular weight is 476 g/mol. The van der Waals surface area contributed by atoms with Gasteiger partial charge in [0.15, 0.2) is 11.5 Å². The summed E-state index contributed by atoms with van der Waals surface area (Å²) in [5, 5.41) is 0.0362. The topological polar surface area (TPSA) is 65.1 Å². The van der Waals surface area contributed by atoms with Gasteiger partial charge in [0, 0.05) is 0 Å². The first-order valence-electron chi connectivity index (χ1n) is 10.2. The predicted octanol–water partition coefficient (Wildman–Crippen LogP) is 5.87. The molecule has 2 amide bonds. The van der Waals surface area contributed by atoms with Gasteiger partial charge in [0.25, 0.3) is 11.1 Å². The Morgan fingerprint density at radius 1 is 1.12 bits per heavy atom. The smallest absolute Gasteiger partial charge is 0.293 e. The van der Waals surface area contributed by atoms with Crippen molar-refractivity contribution in [3.63, 3.8) is 0 Å². The van der Waals surface area contributed by atoms with Crippen molar-refractivity contribution in [3.8, 4) is 17.2 Å². The summed E-state index contributed by atoms with van der Waals surface area (Å²) in [6.07, 6.45) is 1.55. The minimum absolute atomic E-state index is 0.0745. The third-order valence-electron chi connectivity index (χ3n) is 4.69. The second-order valence-electron chi connectivity index (χ2n) is 7.65. The highest BCUT2D eigenvalue weighted by Gasteiger charge is 2.35. The second-order valence-corrected chi connectivity index (χ2v) is 9.05. The van der Waals surface area contributed by atoms with Crippen molar-refractivity contribution in [1.29, 1.82) is 0 Å². The molecule has 1 aliphatic rings. The van der Waals surface area contributed by atoms with E-state index in [9.17, 15) is 9.59 Å². The Morgan fingerprint density at radius 3 is 2.56 bits per heavy atom. The highest BCUT2D eigenvalue weighted by molar-refractivity contribution is 8.18. The normalized spacial score (nSPS) is 15.1. The van der Waals surface area contributed by atoms with E-state index < -0.39 is 0 Å². The van der Waals surface area contributed by atoms with Crippen LogP contribution in [-0.2, 0) is 4.79 Å². The third-order valence-corrected chi connectivity index (χ3v) is 5.88. The highest BCUT2D eigenvalue weighted by Crippen LogP contribution is 2.39. The van der Waals surface area contributed by atoms with Crippen LogP contribution in [0.5, 0.6) is 17.2 Å². The maximum Gasteiger partial charge on any atom is 0.293 e. The summed E-state index contributed by atoms with van der Waals surface area (Å²) in [6.45, 7) is 8.11. The minimum Gasteiger partial charge on any atom is -0.493 e. The lowest BCUT2D eigenvalue weighted by Gasteiger charge is -2.16. The summed E-state index contributed by atoms with van der Waals surface area (Å²) in [4.78, 5) is 26.7. The van der Waals surface area contributed by atoms with E-state index in [1.807, 2.05) is 45.9 Å². The number of halogens is 1. The zero-order chi connectivity index (χ0) is 23.4. The number of ether oxygens (including phenoxy) is 3. The lowest BCUT2D eigenvalue weighted by Crippen LogP contribution is -2.32. The molecular weight excluding hydrogens is 450 g/mol. The Bertz CT molecular complexity index is 1070. The summed E-state index contributed by atoms with van der Waals surface area (Å²) in [5.74, 6) is 1.29. The van der Waals surface area contributed by atoms with Gasteiger partial charge in [-0.2, -0.15) is 0 Å². The number of methoxy groups -OCH3 is 1. The van der Waals surface area contributed by atoms with E-state index in [2.05, 4.69) is 0 Å². The number of carbonyl (C=O) groups excluding carboxylic acids is 2. The molecule has 1 heterocycles. The van der Waals surface area contributed by atoms with E-state index in [4.69, 9.17) is 25.8 Å². The predicted molar refractivity (Wildman–Crippen MR) is 128 cm³/mol. The first-order chi connectivity index (χ1) is 15.2. The molecule has 170 valence electrons. The second kappa shape index (κ2) is 10.3. The number of nitrogens with zero attached hydrogens (tertiary/aromatic N) is 1. The van der Waals surface area contributed by atoms with Gasteiger partial charge in [-0.15, -0.1) is 0 Å². The van der Waals surface area contributed by atoms with E-state index in [1.165, 1.54) is 12.0 Å². The number of hydrogen-bond donors (Lipinski definition) is 0. The van der Waals surface area contributed by atoms with Gasteiger partial charge in [0.2, 0.25) is 0 Å². The molecule has 32 heavy (non-hydrogen) atoms. The molecule has 1 aliphatic heterocycles. The largest absolute Gasteiger partial charge is 0.493 e. The molecular formula is C24H26ClNO5S. The van der Waals surface area contributed by atoms with Gasteiger partial charge in [0.05, 0.1) is 29.7 Å². The Kier molecular flexibility index (Phi) is 7.74. The fraction of sp³-hybridized carbons (Fsp3) is 0.333. The molecule has 3 rings (SSSR count). The zero-order valence-corrected chi connectivity index (χ0v) is 20.3. The molecule has 1 saturated heterocycles. The Hall–Kier alpha value is -2.64. The van der Waals surface area contributed by atoms with Crippen molar-refractivity contribution in [2.75, 3.05) is 20.3 Å². The zero-order valence-electron chi connectivity index (χ0n) is 18.7. The van der Waals surface area contributed by atoms with Crippen LogP contribution in [0.2, 0.25) is 5.02 Å². The number of aryl methyl sites for hydroxylation is 2. The monoisotopic (exact) mass is 475 g/mol. The molecule has 0 atom stereocenters. The van der Waals surface area contributed by atoms with E-state index in [1.54, 1.807) is 18.2 Å². The summed E-state index contributed by atoms with van der Waals surface area (Å²) in [6, 6.07) is 9.32. The summed E-state index contributed by atoms with van der Waals surface area (Å²) < 4.78 is 16.9. The van der Waals surface area contributed by atoms with Crippen LogP contribution < -0.4 is 14.2 Å². The molecule has 2 aromatic carbocycles. The molecule has 0 spiro atoms. The number of amides is 2. The molecule has 0 unspecified atom stereocenters. The van der Waals surface area contributed by atoms with Gasteiger partial charge >= 0.3 is 0 Å². The number of carbonyl (C=O) groups is 2. The van der Waals surface area contributed by atoms with Crippen LogP contribution in [-0.4, -0.2) is 42.4 Å². The van der Waals surface area contributed by atoms with E-state index >= 15 is 0 Å². The summed E-state index contributed by atoms with van der Waals surface area (Å²) >= 11 is 7.26. The Morgan fingerprint density at radius 2 is 1.88 bits per heavy atom. The van der Waals surface area contributed by atoms with Crippen LogP contribution in [0.15, 0.2) is 35.2 Å². The maximum absolute atomic E-state index is 12.8. The van der Waals surface area contributed by atoms with Gasteiger partial charge in [-0.25, -0.2) is 0 Å². The van der Waals surface area contributed by atoms with Crippen LogP contribution in [0.4, 0.5) is 4.79 Å². The van der Waals surface area contributed by atoms with Crippen molar-refractivity contribution < 1.29 is 23.8 Å². The van der Waals surface area contributed by atoms with Gasteiger partial charge < -0.3 is 14.2 Å². The van der Waals surface area contributed by atoms with E-state index in [0.717, 1.165) is 28.6 Å². The van der Waals surface area contributed by atoms with Crippen LogP contribution in [0.1, 0.15) is 30.5 Å². The molecule has 0 saturated carbocycles. The number of imide groups is 1. The first kappa shape index (κ1) is 24.0. The van der Waals surface area contributed by atoms with E-state index in [0.29, 0.717) is 27.0 Å². The van der Waals surface area contributed by atoms with E-state index in [-0.39, 0.29) is 30.4 Å². The SMILES string of the molecule is COc1cc(/C=C2\SC(=O)N(CCOc3cc(C)ccc3C)C2=O)cc(Cl)c1OC(C)C. The van der Waals surface area contributed by atoms with Crippen molar-refractivity contribution in [1.82, 2.24) is 4.90 Å². The minimum atomic E-state index is -0.359. The quantitative estimate of drug-likeness (QED) is 0.445. The molecule has 8 heteroatoms. The van der Waals surface area contributed by atoms with Crippen LogP contribution >= 0.6 is 23.4 Å². The van der Waals surface area contributed by atoms with Gasteiger partial charge in [-0.3, -0.25) is 14.5 Å². The number of rotatable bonds is 8. The Balaban J connectivity index is 1.72. The molecule has 0 aromatic heterocycles. The molecule has 0 N–H and O–H groups in total. The molecule has 1 fully saturated rings. The lowest BCUT2D eigenvalue weighted by atomic mass is 10.1. The molecule has 6 nitrogen and oxygen atoms in total. The average Bonchev–Trinajstić information content (AvgIpc) is 2.99. The Labute approximate surface area is 197 Å². The summed E-state index contributed by atoms with van der Waals surface area (Å²) in [5.41, 5.74) is 2.72. The number of benzene rings is 2. The number of hydrogen-bond acceptors (Lipinski definition) is 6. The van der Waals surface area contributed by atoms with Crippen LogP contribution in [0, 0.1) is 13.8 Å². The molecule has 0 radical (unpaired) electrons. The number of thioether (sulfide) groups is 1. The first-order valence-corrected chi connectivity index (χ1v) is 11.4. The van der Waals surface area contributed by atoms with Crippen LogP contribution in [0.25, 0.3) is 6.08 Å². The fourth-order valence-electron chi connectivity index (χ4n) is 3.13. The van der Waals surface area contributed by atoms with Gasteiger partial charge in [-0.05, 0) is 80.4 Å². The van der Waals surface area contributed by atoms with Crippen molar-refractivity contribution >= 4 is 40.6 Å². The molecule has 0 bridgehead atoms. The van der Waals surface area contributed by atoms with Crippen LogP contribution in [0.3, 0.4) is 0 Å². The van der Waals surface area contributed by atoms with Crippen molar-refractivity contribution in [3.05, 3.63) is 56.9 Å². The van der Waals surface area contributed by atoms with Gasteiger partial charge in [0.1, 0.15) is 12.4 Å². The third kappa shape index (κ3) is 5.58.